The molecule has 2 aromatic heterocycles. The van der Waals surface area contributed by atoms with Gasteiger partial charge in [-0.25, -0.2) is 0 Å². The molecule has 0 unspecified atom stereocenters. The second-order valence-corrected chi connectivity index (χ2v) is 11.1. The molecular weight excluding hydrogens is 532 g/mol. The van der Waals surface area contributed by atoms with Crippen LogP contribution in [0.1, 0.15) is 6.85 Å². The third-order valence-corrected chi connectivity index (χ3v) is 8.62. The molecule has 0 saturated carbocycles. The third-order valence-electron chi connectivity index (χ3n) is 8.62. The van der Waals surface area contributed by atoms with E-state index in [2.05, 4.69) is 108 Å². The van der Waals surface area contributed by atoms with Gasteiger partial charge in [0.2, 0.25) is 0 Å². The van der Waals surface area contributed by atoms with Gasteiger partial charge in [-0.2, -0.15) is 0 Å². The number of para-hydroxylation sites is 3. The molecule has 0 spiro atoms. The summed E-state index contributed by atoms with van der Waals surface area (Å²) in [4.78, 5) is 0. The topological polar surface area (TPSA) is 9.86 Å². The van der Waals surface area contributed by atoms with Crippen LogP contribution in [0, 0.1) is 0 Å². The van der Waals surface area contributed by atoms with E-state index in [1.54, 1.807) is 4.57 Å². The van der Waals surface area contributed by atoms with Crippen LogP contribution < -0.4 is 0 Å². The molecule has 2 heterocycles. The first-order chi connectivity index (χ1) is 23.9. The van der Waals surface area contributed by atoms with Crippen LogP contribution in [0.15, 0.2) is 170 Å². The summed E-state index contributed by atoms with van der Waals surface area (Å²) >= 11 is 0. The standard InChI is InChI=1S/C42H28N2/c1-3-11-29(12-4-1)30-19-23-34(24-20-30)44-40-18-10-8-16-36(40)38-28-32(22-26-42(38)44)31-21-25-41-37(27-31)35-15-7-9-17-39(35)43(41)33-13-5-2-6-14-33/h1-28H/i2D,5D,6D,13D,14D. The molecule has 0 amide bonds. The lowest BCUT2D eigenvalue weighted by molar-refractivity contribution is 1.18. The van der Waals surface area contributed by atoms with Gasteiger partial charge in [-0.1, -0.05) is 109 Å². The number of hydrogen-bond donors (Lipinski definition) is 0. The maximum absolute atomic E-state index is 8.70. The monoisotopic (exact) mass is 565 g/mol. The maximum atomic E-state index is 8.70. The largest absolute Gasteiger partial charge is 0.309 e. The summed E-state index contributed by atoms with van der Waals surface area (Å²) in [6.45, 7) is 0. The van der Waals surface area contributed by atoms with Gasteiger partial charge in [-0.3, -0.25) is 0 Å². The first-order valence-electron chi connectivity index (χ1n) is 17.2. The Kier molecular flexibility index (Phi) is 4.51. The minimum absolute atomic E-state index is 0.149. The SMILES string of the molecule is [2H]c1c([2H])c([2H])c(-n2c3ccccc3c3cc(-c4ccc5c(c4)c4ccccc4n5-c4ccc(-c5ccccc5)cc4)ccc32)c([2H])c1[2H]. The molecule has 0 aliphatic carbocycles. The van der Waals surface area contributed by atoms with E-state index < -0.39 is 6.04 Å². The predicted molar refractivity (Wildman–Crippen MR) is 186 cm³/mol. The zero-order chi connectivity index (χ0) is 33.4. The Morgan fingerprint density at radius 1 is 0.341 bits per heavy atom. The summed E-state index contributed by atoms with van der Waals surface area (Å²) in [5.41, 5.74) is 9.53. The van der Waals surface area contributed by atoms with Crippen molar-refractivity contribution in [2.24, 2.45) is 0 Å². The van der Waals surface area contributed by atoms with Gasteiger partial charge in [-0.15, -0.1) is 0 Å². The number of rotatable bonds is 4. The van der Waals surface area contributed by atoms with Crippen molar-refractivity contribution >= 4 is 43.6 Å². The molecule has 0 N–H and O–H groups in total. The summed E-state index contributed by atoms with van der Waals surface area (Å²) in [7, 11) is 0. The fourth-order valence-electron chi connectivity index (χ4n) is 6.61. The van der Waals surface area contributed by atoms with Crippen LogP contribution in [0.4, 0.5) is 0 Å². The molecule has 44 heavy (non-hydrogen) atoms. The molecule has 0 saturated heterocycles. The van der Waals surface area contributed by atoms with Crippen molar-refractivity contribution in [3.63, 3.8) is 0 Å². The van der Waals surface area contributed by atoms with Gasteiger partial charge in [0.1, 0.15) is 0 Å². The highest BCUT2D eigenvalue weighted by molar-refractivity contribution is 6.12. The van der Waals surface area contributed by atoms with E-state index in [0.717, 1.165) is 55.0 Å². The first-order valence-corrected chi connectivity index (χ1v) is 14.7. The van der Waals surface area contributed by atoms with Gasteiger partial charge >= 0.3 is 0 Å². The predicted octanol–water partition coefficient (Wildman–Crippen LogP) is 11.2. The van der Waals surface area contributed by atoms with Crippen molar-refractivity contribution in [3.8, 4) is 33.6 Å². The number of benzene rings is 7. The summed E-state index contributed by atoms with van der Waals surface area (Å²) < 4.78 is 46.2. The highest BCUT2D eigenvalue weighted by Crippen LogP contribution is 2.38. The first kappa shape index (κ1) is 20.1. The Morgan fingerprint density at radius 2 is 0.795 bits per heavy atom. The van der Waals surface area contributed by atoms with Crippen LogP contribution in [-0.2, 0) is 0 Å². The minimum Gasteiger partial charge on any atom is -0.309 e. The summed E-state index contributed by atoms with van der Waals surface area (Å²) in [6, 6.07) is 46.7. The lowest BCUT2D eigenvalue weighted by Crippen LogP contribution is -1.93. The summed E-state index contributed by atoms with van der Waals surface area (Å²) in [6.07, 6.45) is 0. The molecule has 2 heteroatoms. The van der Waals surface area contributed by atoms with Gasteiger partial charge in [0, 0.05) is 32.9 Å². The molecule has 0 aliphatic heterocycles. The molecule has 2 nitrogen and oxygen atoms in total. The quantitative estimate of drug-likeness (QED) is 0.201. The fraction of sp³-hybridized carbons (Fsp3) is 0. The molecule has 0 atom stereocenters. The maximum Gasteiger partial charge on any atom is 0.0645 e. The Labute approximate surface area is 262 Å². The number of hydrogen-bond acceptors (Lipinski definition) is 0. The van der Waals surface area contributed by atoms with Crippen molar-refractivity contribution in [1.29, 1.82) is 0 Å². The van der Waals surface area contributed by atoms with Gasteiger partial charge in [0.05, 0.1) is 28.9 Å². The van der Waals surface area contributed by atoms with Crippen LogP contribution in [0.5, 0.6) is 0 Å². The molecule has 9 aromatic rings. The van der Waals surface area contributed by atoms with Gasteiger partial charge in [0.25, 0.3) is 0 Å². The zero-order valence-corrected chi connectivity index (χ0v) is 23.7. The summed E-state index contributed by atoms with van der Waals surface area (Å²) in [5, 5.41) is 4.22. The molecule has 206 valence electrons. The number of nitrogens with zero attached hydrogens (tertiary/aromatic N) is 2. The molecule has 0 radical (unpaired) electrons. The van der Waals surface area contributed by atoms with Crippen LogP contribution in [0.2, 0.25) is 0 Å². The smallest absolute Gasteiger partial charge is 0.0645 e. The second kappa shape index (κ2) is 9.86. The van der Waals surface area contributed by atoms with Crippen LogP contribution >= 0.6 is 0 Å². The van der Waals surface area contributed by atoms with E-state index in [4.69, 9.17) is 6.85 Å². The molecule has 9 rings (SSSR count). The van der Waals surface area contributed by atoms with Crippen LogP contribution in [0.25, 0.3) is 77.2 Å². The number of aromatic nitrogens is 2. The lowest BCUT2D eigenvalue weighted by Gasteiger charge is -2.10. The average molecular weight is 566 g/mol. The Bertz CT molecular complexity index is 2730. The van der Waals surface area contributed by atoms with Gasteiger partial charge < -0.3 is 9.13 Å². The zero-order valence-electron chi connectivity index (χ0n) is 28.7. The minimum atomic E-state index is -0.400. The van der Waals surface area contributed by atoms with E-state index in [0.29, 0.717) is 0 Å². The van der Waals surface area contributed by atoms with Crippen LogP contribution in [0.3, 0.4) is 0 Å². The Hall–Kier alpha value is -5.86. The van der Waals surface area contributed by atoms with E-state index >= 15 is 0 Å². The molecule has 7 aromatic carbocycles. The molecule has 0 fully saturated rings. The fourth-order valence-corrected chi connectivity index (χ4v) is 6.61. The Balaban J connectivity index is 1.21. The van der Waals surface area contributed by atoms with E-state index in [9.17, 15) is 0 Å². The van der Waals surface area contributed by atoms with E-state index in [-0.39, 0.29) is 29.9 Å². The van der Waals surface area contributed by atoms with Crippen molar-refractivity contribution in [2.45, 2.75) is 0 Å². The molecular formula is C42H28N2. The van der Waals surface area contributed by atoms with Crippen molar-refractivity contribution in [2.75, 3.05) is 0 Å². The van der Waals surface area contributed by atoms with Crippen LogP contribution in [-0.4, -0.2) is 9.13 Å². The summed E-state index contributed by atoms with van der Waals surface area (Å²) in [5.74, 6) is 0. The normalized spacial score (nSPS) is 13.2. The van der Waals surface area contributed by atoms with Gasteiger partial charge in [0.15, 0.2) is 0 Å². The third kappa shape index (κ3) is 3.82. The number of fused-ring (bicyclic) bond motifs is 6. The lowest BCUT2D eigenvalue weighted by atomic mass is 10.0. The molecule has 0 bridgehead atoms. The average Bonchev–Trinajstić information content (AvgIpc) is 3.66. The van der Waals surface area contributed by atoms with Crippen molar-refractivity contribution in [3.05, 3.63) is 170 Å². The highest BCUT2D eigenvalue weighted by Gasteiger charge is 2.16. The van der Waals surface area contributed by atoms with Crippen molar-refractivity contribution < 1.29 is 6.85 Å². The van der Waals surface area contributed by atoms with Crippen molar-refractivity contribution in [1.82, 2.24) is 9.13 Å². The van der Waals surface area contributed by atoms with E-state index in [1.165, 1.54) is 16.5 Å². The van der Waals surface area contributed by atoms with E-state index in [1.807, 2.05) is 36.4 Å². The molecule has 0 aliphatic rings. The highest BCUT2D eigenvalue weighted by atomic mass is 15.0. The Morgan fingerprint density at radius 3 is 1.39 bits per heavy atom. The second-order valence-electron chi connectivity index (χ2n) is 11.1. The van der Waals surface area contributed by atoms with Gasteiger partial charge in [-0.05, 0) is 82.9 Å².